The maximum Gasteiger partial charge on any atom is 0.338 e. The maximum absolute atomic E-state index is 12.1. The predicted molar refractivity (Wildman–Crippen MR) is 102 cm³/mol. The quantitative estimate of drug-likeness (QED) is 0.494. The first-order valence-electron chi connectivity index (χ1n) is 7.77. The highest BCUT2D eigenvalue weighted by molar-refractivity contribution is 7.98. The molecule has 0 aliphatic heterocycles. The number of thioether (sulfide) groups is 1. The van der Waals surface area contributed by atoms with Crippen LogP contribution in [0.5, 0.6) is 0 Å². The molecule has 0 unspecified atom stereocenters. The number of hydrogen-bond acceptors (Lipinski definition) is 6. The van der Waals surface area contributed by atoms with E-state index in [-0.39, 0.29) is 12.6 Å². The number of carbonyl (C=O) groups excluding carboxylic acids is 2. The van der Waals surface area contributed by atoms with Crippen LogP contribution in [-0.4, -0.2) is 16.9 Å². The Kier molecular flexibility index (Phi) is 6.04. The molecular formula is C19H16N2O3S2. The summed E-state index contributed by atoms with van der Waals surface area (Å²) in [7, 11) is 0. The van der Waals surface area contributed by atoms with Crippen LogP contribution in [-0.2, 0) is 17.1 Å². The van der Waals surface area contributed by atoms with Crippen LogP contribution in [0.2, 0.25) is 0 Å². The molecule has 5 nitrogen and oxygen atoms in total. The summed E-state index contributed by atoms with van der Waals surface area (Å²) in [4.78, 5) is 28.5. The molecule has 0 atom stereocenters. The lowest BCUT2D eigenvalue weighted by molar-refractivity contribution is 0.0472. The third-order valence-corrected chi connectivity index (χ3v) is 5.25. The monoisotopic (exact) mass is 384 g/mol. The number of hydrogen-bond donors (Lipinski definition) is 1. The zero-order valence-corrected chi connectivity index (χ0v) is 15.4. The lowest BCUT2D eigenvalue weighted by Crippen LogP contribution is -2.11. The molecule has 0 spiro atoms. The van der Waals surface area contributed by atoms with E-state index in [1.54, 1.807) is 59.5 Å². The zero-order valence-electron chi connectivity index (χ0n) is 13.8. The van der Waals surface area contributed by atoms with Crippen molar-refractivity contribution in [3.05, 3.63) is 81.8 Å². The Hall–Kier alpha value is -2.64. The molecule has 2 N–H and O–H groups in total. The molecule has 1 heterocycles. The van der Waals surface area contributed by atoms with Crippen molar-refractivity contribution < 1.29 is 14.3 Å². The van der Waals surface area contributed by atoms with Gasteiger partial charge in [-0.05, 0) is 42.0 Å². The number of nitrogens with zero attached hydrogens (tertiary/aromatic N) is 1. The molecule has 0 bridgehead atoms. The second-order valence-electron chi connectivity index (χ2n) is 5.43. The Morgan fingerprint density at radius 3 is 2.35 bits per heavy atom. The molecule has 1 aromatic heterocycles. The Morgan fingerprint density at radius 1 is 1.04 bits per heavy atom. The average molecular weight is 384 g/mol. The van der Waals surface area contributed by atoms with Crippen LogP contribution in [0.4, 0.5) is 0 Å². The largest absolute Gasteiger partial charge is 0.457 e. The fourth-order valence-electron chi connectivity index (χ4n) is 2.15. The Morgan fingerprint density at radius 2 is 1.73 bits per heavy atom. The van der Waals surface area contributed by atoms with Crippen molar-refractivity contribution >= 4 is 35.0 Å². The number of primary amides is 1. The number of benzene rings is 2. The van der Waals surface area contributed by atoms with E-state index in [1.165, 1.54) is 0 Å². The number of thiazole rings is 1. The molecule has 0 fully saturated rings. The minimum absolute atomic E-state index is 0.137. The SMILES string of the molecule is NC(=O)c1ccc(COC(=O)c2ccc(SCc3cscn3)cc2)cc1. The van der Waals surface area contributed by atoms with Gasteiger partial charge in [0.25, 0.3) is 0 Å². The van der Waals surface area contributed by atoms with Crippen molar-refractivity contribution in [3.8, 4) is 0 Å². The van der Waals surface area contributed by atoms with Crippen LogP contribution in [0.3, 0.4) is 0 Å². The van der Waals surface area contributed by atoms with Gasteiger partial charge in [0.05, 0.1) is 16.8 Å². The van der Waals surface area contributed by atoms with Crippen molar-refractivity contribution in [2.45, 2.75) is 17.3 Å². The molecule has 26 heavy (non-hydrogen) atoms. The lowest BCUT2D eigenvalue weighted by Gasteiger charge is -2.06. The molecule has 3 aromatic rings. The summed E-state index contributed by atoms with van der Waals surface area (Å²) in [6.07, 6.45) is 0. The van der Waals surface area contributed by atoms with Gasteiger partial charge in [-0.3, -0.25) is 4.79 Å². The molecule has 1 amide bonds. The second kappa shape index (κ2) is 8.64. The van der Waals surface area contributed by atoms with Gasteiger partial charge < -0.3 is 10.5 Å². The molecule has 132 valence electrons. The van der Waals surface area contributed by atoms with E-state index < -0.39 is 5.91 Å². The number of amides is 1. The smallest absolute Gasteiger partial charge is 0.338 e. The van der Waals surface area contributed by atoms with E-state index in [0.29, 0.717) is 11.1 Å². The van der Waals surface area contributed by atoms with Crippen LogP contribution in [0.15, 0.2) is 64.3 Å². The standard InChI is InChI=1S/C19H16N2O3S2/c20-18(22)14-3-1-13(2-4-14)9-24-19(23)15-5-7-17(8-6-15)26-11-16-10-25-12-21-16/h1-8,10,12H,9,11H2,(H2,20,22). The first kappa shape index (κ1) is 18.2. The highest BCUT2D eigenvalue weighted by atomic mass is 32.2. The topological polar surface area (TPSA) is 82.3 Å². The van der Waals surface area contributed by atoms with Gasteiger partial charge >= 0.3 is 5.97 Å². The molecule has 3 rings (SSSR count). The Labute approximate surface area is 159 Å². The number of nitrogens with two attached hydrogens (primary N) is 1. The van der Waals surface area contributed by atoms with E-state index in [1.807, 2.05) is 23.0 Å². The molecular weight excluding hydrogens is 368 g/mol. The van der Waals surface area contributed by atoms with Crippen LogP contribution in [0, 0.1) is 0 Å². The fraction of sp³-hybridized carbons (Fsp3) is 0.105. The number of aromatic nitrogens is 1. The molecule has 0 aliphatic carbocycles. The Balaban J connectivity index is 1.51. The summed E-state index contributed by atoms with van der Waals surface area (Å²) in [5.41, 5.74) is 9.77. The third-order valence-electron chi connectivity index (χ3n) is 3.57. The van der Waals surface area contributed by atoms with Crippen LogP contribution >= 0.6 is 23.1 Å². The first-order valence-corrected chi connectivity index (χ1v) is 9.70. The number of ether oxygens (including phenoxy) is 1. The van der Waals surface area contributed by atoms with Gasteiger partial charge in [-0.2, -0.15) is 0 Å². The van der Waals surface area contributed by atoms with Crippen LogP contribution < -0.4 is 5.73 Å². The van der Waals surface area contributed by atoms with Crippen LogP contribution in [0.25, 0.3) is 0 Å². The minimum Gasteiger partial charge on any atom is -0.457 e. The van der Waals surface area contributed by atoms with Gasteiger partial charge in [0.1, 0.15) is 6.61 Å². The van der Waals surface area contributed by atoms with Crippen molar-refractivity contribution in [3.63, 3.8) is 0 Å². The molecule has 0 radical (unpaired) electrons. The van der Waals surface area contributed by atoms with E-state index in [4.69, 9.17) is 10.5 Å². The van der Waals surface area contributed by atoms with Gasteiger partial charge in [0.15, 0.2) is 0 Å². The lowest BCUT2D eigenvalue weighted by atomic mass is 10.1. The first-order chi connectivity index (χ1) is 12.6. The predicted octanol–water partition coefficient (Wildman–Crippen LogP) is 3.89. The zero-order chi connectivity index (χ0) is 18.4. The summed E-state index contributed by atoms with van der Waals surface area (Å²) in [5.74, 6) is -0.0736. The van der Waals surface area contributed by atoms with Gasteiger partial charge in [-0.1, -0.05) is 12.1 Å². The number of rotatable bonds is 7. The highest BCUT2D eigenvalue weighted by Gasteiger charge is 2.08. The van der Waals surface area contributed by atoms with E-state index in [9.17, 15) is 9.59 Å². The van der Waals surface area contributed by atoms with Gasteiger partial charge in [-0.15, -0.1) is 23.1 Å². The molecule has 7 heteroatoms. The normalized spacial score (nSPS) is 10.5. The van der Waals surface area contributed by atoms with E-state index >= 15 is 0 Å². The summed E-state index contributed by atoms with van der Waals surface area (Å²) < 4.78 is 5.30. The van der Waals surface area contributed by atoms with Gasteiger partial charge in [0, 0.05) is 21.6 Å². The van der Waals surface area contributed by atoms with Crippen molar-refractivity contribution in [2.75, 3.05) is 0 Å². The van der Waals surface area contributed by atoms with Gasteiger partial charge in [-0.25, -0.2) is 9.78 Å². The number of esters is 1. The van der Waals surface area contributed by atoms with Crippen LogP contribution in [0.1, 0.15) is 32.0 Å². The molecule has 0 saturated heterocycles. The fourth-order valence-corrected chi connectivity index (χ4v) is 3.62. The summed E-state index contributed by atoms with van der Waals surface area (Å²) in [5, 5.41) is 2.02. The molecule has 2 aromatic carbocycles. The minimum atomic E-state index is -0.485. The molecule has 0 saturated carbocycles. The summed E-state index contributed by atoms with van der Waals surface area (Å²) >= 11 is 3.25. The summed E-state index contributed by atoms with van der Waals surface area (Å²) in [6, 6.07) is 13.9. The summed E-state index contributed by atoms with van der Waals surface area (Å²) in [6.45, 7) is 0.137. The molecule has 0 aliphatic rings. The van der Waals surface area contributed by atoms with Crippen molar-refractivity contribution in [2.24, 2.45) is 5.73 Å². The third kappa shape index (κ3) is 4.93. The maximum atomic E-state index is 12.1. The van der Waals surface area contributed by atoms with E-state index in [2.05, 4.69) is 4.98 Å². The average Bonchev–Trinajstić information content (AvgIpc) is 3.19. The van der Waals surface area contributed by atoms with E-state index in [0.717, 1.165) is 21.9 Å². The van der Waals surface area contributed by atoms with Gasteiger partial charge in [0.2, 0.25) is 5.91 Å². The second-order valence-corrected chi connectivity index (χ2v) is 7.20. The van der Waals surface area contributed by atoms with Crippen molar-refractivity contribution in [1.82, 2.24) is 4.98 Å². The Bertz CT molecular complexity index is 876. The number of carbonyl (C=O) groups is 2. The highest BCUT2D eigenvalue weighted by Crippen LogP contribution is 2.23. The van der Waals surface area contributed by atoms with Crippen molar-refractivity contribution in [1.29, 1.82) is 0 Å².